The van der Waals surface area contributed by atoms with E-state index in [0.717, 1.165) is 38.2 Å². The van der Waals surface area contributed by atoms with Crippen LogP contribution in [0.1, 0.15) is 18.0 Å². The van der Waals surface area contributed by atoms with Crippen molar-refractivity contribution in [2.24, 2.45) is 0 Å². The Kier molecular flexibility index (Phi) is 4.12. The van der Waals surface area contributed by atoms with E-state index in [1.165, 1.54) is 0 Å². The molecule has 0 bridgehead atoms. The smallest absolute Gasteiger partial charge is 0.325 e. The molecule has 0 aliphatic carbocycles. The summed E-state index contributed by atoms with van der Waals surface area (Å²) in [5.41, 5.74) is 0.863. The van der Waals surface area contributed by atoms with Gasteiger partial charge in [0.15, 0.2) is 0 Å². The van der Waals surface area contributed by atoms with Crippen LogP contribution in [0.15, 0.2) is 30.3 Å². The molecule has 0 saturated carbocycles. The summed E-state index contributed by atoms with van der Waals surface area (Å²) >= 11 is 0. The Bertz CT molecular complexity index is 359. The van der Waals surface area contributed by atoms with Crippen LogP contribution in [0.2, 0.25) is 0 Å². The summed E-state index contributed by atoms with van der Waals surface area (Å²) in [5, 5.41) is 12.7. The van der Waals surface area contributed by atoms with Crippen molar-refractivity contribution in [1.82, 2.24) is 10.2 Å². The number of nitrogens with one attached hydrogen (secondary N) is 1. The highest BCUT2D eigenvalue weighted by Crippen LogP contribution is 2.21. The second-order valence-corrected chi connectivity index (χ2v) is 4.29. The molecule has 1 atom stereocenters. The summed E-state index contributed by atoms with van der Waals surface area (Å²) in [5.74, 6) is -0.766. The Balaban J connectivity index is 2.19. The van der Waals surface area contributed by atoms with Crippen molar-refractivity contribution >= 4 is 5.97 Å². The van der Waals surface area contributed by atoms with E-state index >= 15 is 0 Å². The van der Waals surface area contributed by atoms with Gasteiger partial charge in [0.05, 0.1) is 0 Å². The number of aliphatic carboxylic acids is 1. The molecule has 1 aliphatic heterocycles. The number of carboxylic acids is 1. The molecule has 1 heterocycles. The van der Waals surface area contributed by atoms with E-state index in [9.17, 15) is 9.90 Å². The minimum absolute atomic E-state index is 0.518. The molecule has 0 amide bonds. The quantitative estimate of drug-likeness (QED) is 0.822. The minimum Gasteiger partial charge on any atom is -0.480 e. The van der Waals surface area contributed by atoms with Gasteiger partial charge in [0, 0.05) is 19.6 Å². The molecule has 4 nitrogen and oxygen atoms in total. The normalized spacial score (nSPS) is 19.5. The number of benzene rings is 1. The highest BCUT2D eigenvalue weighted by molar-refractivity contribution is 5.75. The van der Waals surface area contributed by atoms with Gasteiger partial charge >= 0.3 is 5.97 Å². The molecule has 4 heteroatoms. The molecule has 1 aliphatic rings. The Labute approximate surface area is 101 Å². The number of hydrogen-bond donors (Lipinski definition) is 2. The van der Waals surface area contributed by atoms with Gasteiger partial charge in [-0.05, 0) is 18.5 Å². The maximum Gasteiger partial charge on any atom is 0.325 e. The van der Waals surface area contributed by atoms with Crippen molar-refractivity contribution in [1.29, 1.82) is 0 Å². The van der Waals surface area contributed by atoms with Gasteiger partial charge in [-0.1, -0.05) is 30.3 Å². The van der Waals surface area contributed by atoms with Crippen molar-refractivity contribution in [3.63, 3.8) is 0 Å². The zero-order valence-electron chi connectivity index (χ0n) is 9.80. The zero-order chi connectivity index (χ0) is 12.1. The Morgan fingerprint density at radius 1 is 1.24 bits per heavy atom. The van der Waals surface area contributed by atoms with Crippen LogP contribution in [0.3, 0.4) is 0 Å². The van der Waals surface area contributed by atoms with Gasteiger partial charge in [-0.2, -0.15) is 0 Å². The first-order valence-electron chi connectivity index (χ1n) is 6.01. The van der Waals surface area contributed by atoms with Crippen LogP contribution in [0, 0.1) is 0 Å². The summed E-state index contributed by atoms with van der Waals surface area (Å²) in [4.78, 5) is 13.5. The third kappa shape index (κ3) is 3.05. The van der Waals surface area contributed by atoms with Crippen molar-refractivity contribution in [3.8, 4) is 0 Å². The zero-order valence-corrected chi connectivity index (χ0v) is 9.80. The molecule has 17 heavy (non-hydrogen) atoms. The summed E-state index contributed by atoms with van der Waals surface area (Å²) in [6.45, 7) is 3.44. The highest BCUT2D eigenvalue weighted by atomic mass is 16.4. The molecule has 1 fully saturated rings. The van der Waals surface area contributed by atoms with E-state index in [1.807, 2.05) is 35.2 Å². The van der Waals surface area contributed by atoms with Gasteiger partial charge in [-0.15, -0.1) is 0 Å². The lowest BCUT2D eigenvalue weighted by Crippen LogP contribution is -2.36. The third-order valence-electron chi connectivity index (χ3n) is 3.09. The summed E-state index contributed by atoms with van der Waals surface area (Å²) in [7, 11) is 0. The van der Waals surface area contributed by atoms with Crippen LogP contribution in [0.25, 0.3) is 0 Å². The fourth-order valence-electron chi connectivity index (χ4n) is 2.27. The lowest BCUT2D eigenvalue weighted by atomic mass is 10.1. The van der Waals surface area contributed by atoms with E-state index in [4.69, 9.17) is 0 Å². The van der Waals surface area contributed by atoms with E-state index < -0.39 is 12.0 Å². The molecular formula is C13H18N2O2. The Hall–Kier alpha value is -1.39. The van der Waals surface area contributed by atoms with E-state index in [-0.39, 0.29) is 0 Å². The van der Waals surface area contributed by atoms with Crippen molar-refractivity contribution < 1.29 is 9.90 Å². The SMILES string of the molecule is O=C(O)C(c1ccccc1)N1CCCNCC1. The lowest BCUT2D eigenvalue weighted by molar-refractivity contribution is -0.143. The highest BCUT2D eigenvalue weighted by Gasteiger charge is 2.27. The van der Waals surface area contributed by atoms with Crippen LogP contribution < -0.4 is 5.32 Å². The second kappa shape index (κ2) is 5.80. The summed E-state index contributed by atoms with van der Waals surface area (Å²) in [6.07, 6.45) is 0.997. The topological polar surface area (TPSA) is 52.6 Å². The summed E-state index contributed by atoms with van der Waals surface area (Å²) in [6, 6.07) is 8.94. The van der Waals surface area contributed by atoms with Crippen LogP contribution in [0.5, 0.6) is 0 Å². The number of carboxylic acid groups (broad SMARTS) is 1. The fraction of sp³-hybridized carbons (Fsp3) is 0.462. The Morgan fingerprint density at radius 2 is 2.00 bits per heavy atom. The van der Waals surface area contributed by atoms with Gasteiger partial charge in [-0.3, -0.25) is 9.69 Å². The van der Waals surface area contributed by atoms with Crippen molar-refractivity contribution in [2.75, 3.05) is 26.2 Å². The first-order valence-corrected chi connectivity index (χ1v) is 6.01. The van der Waals surface area contributed by atoms with Gasteiger partial charge in [0.2, 0.25) is 0 Å². The average Bonchev–Trinajstić information content (AvgIpc) is 2.59. The van der Waals surface area contributed by atoms with Crippen molar-refractivity contribution in [2.45, 2.75) is 12.5 Å². The van der Waals surface area contributed by atoms with Gasteiger partial charge in [-0.25, -0.2) is 0 Å². The van der Waals surface area contributed by atoms with Crippen LogP contribution in [-0.2, 0) is 4.79 Å². The molecule has 2 N–H and O–H groups in total. The number of carbonyl (C=O) groups is 1. The molecule has 1 aromatic rings. The molecule has 0 radical (unpaired) electrons. The van der Waals surface area contributed by atoms with Crippen LogP contribution in [0.4, 0.5) is 0 Å². The van der Waals surface area contributed by atoms with Gasteiger partial charge in [0.1, 0.15) is 6.04 Å². The second-order valence-electron chi connectivity index (χ2n) is 4.29. The first-order chi connectivity index (χ1) is 8.29. The maximum absolute atomic E-state index is 11.4. The molecule has 0 spiro atoms. The molecule has 2 rings (SSSR count). The van der Waals surface area contributed by atoms with Gasteiger partial charge < -0.3 is 10.4 Å². The fourth-order valence-corrected chi connectivity index (χ4v) is 2.27. The van der Waals surface area contributed by atoms with Gasteiger partial charge in [0.25, 0.3) is 0 Å². The average molecular weight is 234 g/mol. The molecule has 1 saturated heterocycles. The summed E-state index contributed by atoms with van der Waals surface area (Å²) < 4.78 is 0. The third-order valence-corrected chi connectivity index (χ3v) is 3.09. The lowest BCUT2D eigenvalue weighted by Gasteiger charge is -2.27. The van der Waals surface area contributed by atoms with Crippen LogP contribution >= 0.6 is 0 Å². The molecule has 92 valence electrons. The first kappa shape index (κ1) is 12.1. The molecule has 0 aromatic heterocycles. The van der Waals surface area contributed by atoms with E-state index in [1.54, 1.807) is 0 Å². The van der Waals surface area contributed by atoms with E-state index in [0.29, 0.717) is 0 Å². The number of rotatable bonds is 3. The molecule has 1 unspecified atom stereocenters. The number of hydrogen-bond acceptors (Lipinski definition) is 3. The minimum atomic E-state index is -0.766. The largest absolute Gasteiger partial charge is 0.480 e. The monoisotopic (exact) mass is 234 g/mol. The van der Waals surface area contributed by atoms with Crippen molar-refractivity contribution in [3.05, 3.63) is 35.9 Å². The Morgan fingerprint density at radius 3 is 2.71 bits per heavy atom. The molecule has 1 aromatic carbocycles. The van der Waals surface area contributed by atoms with E-state index in [2.05, 4.69) is 5.32 Å². The van der Waals surface area contributed by atoms with Crippen LogP contribution in [-0.4, -0.2) is 42.2 Å². The predicted molar refractivity (Wildman–Crippen MR) is 65.9 cm³/mol. The molecular weight excluding hydrogens is 216 g/mol. The number of nitrogens with zero attached hydrogens (tertiary/aromatic N) is 1. The standard InChI is InChI=1S/C13H18N2O2/c16-13(17)12(11-5-2-1-3-6-11)15-9-4-7-14-8-10-15/h1-3,5-6,12,14H,4,7-10H2,(H,16,17). The predicted octanol–water partition coefficient (Wildman–Crippen LogP) is 1.11. The maximum atomic E-state index is 11.4.